The molecule has 0 bridgehead atoms. The predicted molar refractivity (Wildman–Crippen MR) is 89.3 cm³/mol. The third-order valence-corrected chi connectivity index (χ3v) is 3.57. The van der Waals surface area contributed by atoms with Crippen LogP contribution >= 0.6 is 0 Å². The zero-order valence-corrected chi connectivity index (χ0v) is 13.5. The summed E-state index contributed by atoms with van der Waals surface area (Å²) in [6, 6.07) is 10.2. The molecule has 2 heterocycles. The number of benzene rings is 1. The molecule has 0 atom stereocenters. The summed E-state index contributed by atoms with van der Waals surface area (Å²) in [7, 11) is 1.59. The number of nitrogens with zero attached hydrogens (tertiary/aromatic N) is 3. The summed E-state index contributed by atoms with van der Waals surface area (Å²) >= 11 is 0. The van der Waals surface area contributed by atoms with Gasteiger partial charge in [-0.25, -0.2) is 4.98 Å². The van der Waals surface area contributed by atoms with Crippen LogP contribution in [0.25, 0.3) is 11.3 Å². The molecular weight excluding hydrogens is 324 g/mol. The average Bonchev–Trinajstić information content (AvgIpc) is 3.18. The summed E-state index contributed by atoms with van der Waals surface area (Å²) in [6.45, 7) is 0.567. The monoisotopic (exact) mass is 340 g/mol. The van der Waals surface area contributed by atoms with Crippen molar-refractivity contribution in [3.05, 3.63) is 65.0 Å². The Morgan fingerprint density at radius 2 is 2.08 bits per heavy atom. The molecule has 0 saturated heterocycles. The Labute approximate surface area is 143 Å². The van der Waals surface area contributed by atoms with Crippen molar-refractivity contribution < 1.29 is 14.1 Å². The second kappa shape index (κ2) is 7.43. The normalized spacial score (nSPS) is 10.4. The topological polar surface area (TPSA) is 99.2 Å². The highest BCUT2D eigenvalue weighted by molar-refractivity contribution is 5.91. The van der Waals surface area contributed by atoms with Gasteiger partial charge in [-0.3, -0.25) is 14.2 Å². The molecule has 3 aromatic rings. The molecular formula is C17H16N4O4. The molecule has 25 heavy (non-hydrogen) atoms. The number of hydrogen-bond donors (Lipinski definition) is 1. The molecule has 2 aromatic heterocycles. The van der Waals surface area contributed by atoms with Crippen molar-refractivity contribution in [1.82, 2.24) is 20.0 Å². The highest BCUT2D eigenvalue weighted by atomic mass is 16.5. The van der Waals surface area contributed by atoms with Crippen LogP contribution in [0, 0.1) is 0 Å². The van der Waals surface area contributed by atoms with Gasteiger partial charge in [0.05, 0.1) is 25.3 Å². The lowest BCUT2D eigenvalue weighted by Crippen LogP contribution is -2.30. The molecule has 0 aliphatic carbocycles. The van der Waals surface area contributed by atoms with Gasteiger partial charge in [0, 0.05) is 30.8 Å². The lowest BCUT2D eigenvalue weighted by Gasteiger charge is -2.07. The van der Waals surface area contributed by atoms with Crippen LogP contribution in [0.2, 0.25) is 0 Å². The van der Waals surface area contributed by atoms with Crippen LogP contribution in [0.3, 0.4) is 0 Å². The van der Waals surface area contributed by atoms with E-state index in [0.29, 0.717) is 12.2 Å². The summed E-state index contributed by atoms with van der Waals surface area (Å²) in [5, 5.41) is 6.11. The van der Waals surface area contributed by atoms with Crippen molar-refractivity contribution >= 4 is 5.91 Å². The first-order chi connectivity index (χ1) is 12.2. The zero-order valence-electron chi connectivity index (χ0n) is 13.5. The van der Waals surface area contributed by atoms with E-state index in [1.165, 1.54) is 29.2 Å². The lowest BCUT2D eigenvalue weighted by atomic mass is 10.1. The van der Waals surface area contributed by atoms with E-state index in [1.807, 2.05) is 24.3 Å². The number of methoxy groups -OCH3 is 1. The van der Waals surface area contributed by atoms with Gasteiger partial charge in [0.25, 0.3) is 11.5 Å². The van der Waals surface area contributed by atoms with Gasteiger partial charge in [0.1, 0.15) is 5.75 Å². The number of amides is 1. The van der Waals surface area contributed by atoms with Crippen molar-refractivity contribution in [2.24, 2.45) is 0 Å². The molecule has 0 saturated carbocycles. The van der Waals surface area contributed by atoms with Crippen molar-refractivity contribution in [1.29, 1.82) is 0 Å². The van der Waals surface area contributed by atoms with Crippen molar-refractivity contribution in [2.75, 3.05) is 13.7 Å². The van der Waals surface area contributed by atoms with Gasteiger partial charge < -0.3 is 14.6 Å². The van der Waals surface area contributed by atoms with Gasteiger partial charge in [-0.2, -0.15) is 0 Å². The Kier molecular flexibility index (Phi) is 4.89. The minimum Gasteiger partial charge on any atom is -0.497 e. The number of aromatic nitrogens is 3. The smallest absolute Gasteiger partial charge is 0.289 e. The maximum Gasteiger partial charge on any atom is 0.289 e. The first kappa shape index (κ1) is 16.4. The zero-order chi connectivity index (χ0) is 17.6. The van der Waals surface area contributed by atoms with E-state index in [9.17, 15) is 9.59 Å². The first-order valence-corrected chi connectivity index (χ1v) is 7.57. The number of carbonyl (C=O) groups is 1. The first-order valence-electron chi connectivity index (χ1n) is 7.57. The maximum absolute atomic E-state index is 12.2. The lowest BCUT2D eigenvalue weighted by molar-refractivity contribution is 0.0915. The van der Waals surface area contributed by atoms with Crippen LogP contribution in [0.4, 0.5) is 0 Å². The number of ether oxygens (including phenoxy) is 1. The second-order valence-electron chi connectivity index (χ2n) is 5.17. The van der Waals surface area contributed by atoms with Gasteiger partial charge in [0.2, 0.25) is 5.76 Å². The van der Waals surface area contributed by atoms with Crippen molar-refractivity contribution in [3.8, 4) is 17.0 Å². The molecule has 128 valence electrons. The predicted octanol–water partition coefficient (Wildman–Crippen LogP) is 1.34. The summed E-state index contributed by atoms with van der Waals surface area (Å²) in [6.07, 6.45) is 2.85. The average molecular weight is 340 g/mol. The largest absolute Gasteiger partial charge is 0.497 e. The maximum atomic E-state index is 12.2. The Balaban J connectivity index is 1.63. The van der Waals surface area contributed by atoms with Gasteiger partial charge in [0.15, 0.2) is 0 Å². The fraction of sp³-hybridized carbons (Fsp3) is 0.176. The minimum absolute atomic E-state index is 0.125. The van der Waals surface area contributed by atoms with Crippen LogP contribution in [-0.4, -0.2) is 34.3 Å². The molecule has 0 radical (unpaired) electrons. The van der Waals surface area contributed by atoms with Gasteiger partial charge >= 0.3 is 0 Å². The highest BCUT2D eigenvalue weighted by Crippen LogP contribution is 2.19. The van der Waals surface area contributed by atoms with Crippen LogP contribution in [-0.2, 0) is 6.54 Å². The van der Waals surface area contributed by atoms with Crippen LogP contribution in [0.5, 0.6) is 5.75 Å². The number of rotatable bonds is 6. The summed E-state index contributed by atoms with van der Waals surface area (Å²) < 4.78 is 11.3. The van der Waals surface area contributed by atoms with E-state index in [1.54, 1.807) is 7.11 Å². The van der Waals surface area contributed by atoms with E-state index >= 15 is 0 Å². The van der Waals surface area contributed by atoms with E-state index in [0.717, 1.165) is 11.3 Å². The third-order valence-electron chi connectivity index (χ3n) is 3.57. The fourth-order valence-corrected chi connectivity index (χ4v) is 2.22. The Hall–Kier alpha value is -3.42. The minimum atomic E-state index is -0.381. The van der Waals surface area contributed by atoms with Gasteiger partial charge in [-0.15, -0.1) is 0 Å². The molecule has 8 nitrogen and oxygen atoms in total. The van der Waals surface area contributed by atoms with E-state index < -0.39 is 0 Å². The van der Waals surface area contributed by atoms with Gasteiger partial charge in [-0.05, 0) is 24.3 Å². The molecule has 0 aliphatic heterocycles. The molecule has 1 aromatic carbocycles. The van der Waals surface area contributed by atoms with Crippen molar-refractivity contribution in [2.45, 2.75) is 6.54 Å². The summed E-state index contributed by atoms with van der Waals surface area (Å²) in [4.78, 5) is 28.2. The molecule has 0 unspecified atom stereocenters. The molecule has 8 heteroatoms. The SMILES string of the molecule is COc1ccc(-c2cc(=O)n(CCNC(=O)c3ccno3)cn2)cc1. The standard InChI is InChI=1S/C17H16N4O4/c1-24-13-4-2-12(3-5-13)14-10-16(22)21(11-19-14)9-8-18-17(23)15-6-7-20-25-15/h2-7,10-11H,8-9H2,1H3,(H,18,23). The molecule has 0 spiro atoms. The van der Waals surface area contributed by atoms with Crippen LogP contribution in [0.1, 0.15) is 10.6 Å². The molecule has 0 fully saturated rings. The number of carbonyl (C=O) groups excluding carboxylic acids is 1. The van der Waals surface area contributed by atoms with Crippen LogP contribution in [0.15, 0.2) is 58.2 Å². The molecule has 0 aliphatic rings. The number of nitrogens with one attached hydrogen (secondary N) is 1. The quantitative estimate of drug-likeness (QED) is 0.727. The van der Waals surface area contributed by atoms with E-state index in [2.05, 4.69) is 15.5 Å². The Morgan fingerprint density at radius 3 is 2.72 bits per heavy atom. The fourth-order valence-electron chi connectivity index (χ4n) is 2.22. The molecule has 1 N–H and O–H groups in total. The van der Waals surface area contributed by atoms with E-state index in [-0.39, 0.29) is 23.8 Å². The van der Waals surface area contributed by atoms with Gasteiger partial charge in [-0.1, -0.05) is 5.16 Å². The highest BCUT2D eigenvalue weighted by Gasteiger charge is 2.09. The molecule has 1 amide bonds. The summed E-state index contributed by atoms with van der Waals surface area (Å²) in [5.74, 6) is 0.480. The van der Waals surface area contributed by atoms with Crippen LogP contribution < -0.4 is 15.6 Å². The Bertz CT molecular complexity index is 901. The van der Waals surface area contributed by atoms with Crippen molar-refractivity contribution in [3.63, 3.8) is 0 Å². The summed E-state index contributed by atoms with van der Waals surface area (Å²) in [5.41, 5.74) is 1.20. The number of hydrogen-bond acceptors (Lipinski definition) is 6. The van der Waals surface area contributed by atoms with E-state index in [4.69, 9.17) is 9.26 Å². The third kappa shape index (κ3) is 3.92. The molecule has 3 rings (SSSR count). The second-order valence-corrected chi connectivity index (χ2v) is 5.17. The Morgan fingerprint density at radius 1 is 1.28 bits per heavy atom.